The van der Waals surface area contributed by atoms with Crippen LogP contribution in [0.15, 0.2) is 47.3 Å². The molecule has 2 aromatic carbocycles. The molecule has 1 heterocycles. The predicted molar refractivity (Wildman–Crippen MR) is 90.7 cm³/mol. The Morgan fingerprint density at radius 2 is 1.86 bits per heavy atom. The SMILES string of the molecule is CCNCCOc1cccc2c1c1ccccc1c(=O)n2C. The molecule has 22 heavy (non-hydrogen) atoms. The topological polar surface area (TPSA) is 43.3 Å². The van der Waals surface area contributed by atoms with Crippen LogP contribution in [0.25, 0.3) is 21.7 Å². The van der Waals surface area contributed by atoms with Gasteiger partial charge in [0.15, 0.2) is 0 Å². The van der Waals surface area contributed by atoms with E-state index in [9.17, 15) is 4.79 Å². The molecule has 0 aliphatic heterocycles. The van der Waals surface area contributed by atoms with E-state index < -0.39 is 0 Å². The number of aromatic nitrogens is 1. The van der Waals surface area contributed by atoms with E-state index in [1.54, 1.807) is 11.6 Å². The second kappa shape index (κ2) is 6.20. The van der Waals surface area contributed by atoms with Crippen LogP contribution in [0.3, 0.4) is 0 Å². The summed E-state index contributed by atoms with van der Waals surface area (Å²) in [6, 6.07) is 13.5. The lowest BCUT2D eigenvalue weighted by atomic mass is 10.1. The fourth-order valence-corrected chi connectivity index (χ4v) is 2.78. The summed E-state index contributed by atoms with van der Waals surface area (Å²) in [4.78, 5) is 12.5. The quantitative estimate of drug-likeness (QED) is 0.581. The third-order valence-electron chi connectivity index (χ3n) is 3.88. The van der Waals surface area contributed by atoms with Crippen LogP contribution in [0.2, 0.25) is 0 Å². The van der Waals surface area contributed by atoms with Crippen molar-refractivity contribution in [2.45, 2.75) is 6.92 Å². The Morgan fingerprint density at radius 3 is 2.64 bits per heavy atom. The molecule has 0 aliphatic carbocycles. The van der Waals surface area contributed by atoms with E-state index in [2.05, 4.69) is 12.2 Å². The van der Waals surface area contributed by atoms with Gasteiger partial charge in [0.05, 0.1) is 5.52 Å². The fraction of sp³-hybridized carbons (Fsp3) is 0.278. The Morgan fingerprint density at radius 1 is 1.09 bits per heavy atom. The van der Waals surface area contributed by atoms with Crippen molar-refractivity contribution in [2.75, 3.05) is 19.7 Å². The van der Waals surface area contributed by atoms with Gasteiger partial charge in [0.1, 0.15) is 12.4 Å². The highest BCUT2D eigenvalue weighted by atomic mass is 16.5. The van der Waals surface area contributed by atoms with Crippen LogP contribution in [0.4, 0.5) is 0 Å². The molecule has 0 spiro atoms. The van der Waals surface area contributed by atoms with Crippen LogP contribution in [-0.4, -0.2) is 24.3 Å². The van der Waals surface area contributed by atoms with Crippen molar-refractivity contribution in [3.05, 3.63) is 52.8 Å². The lowest BCUT2D eigenvalue weighted by molar-refractivity contribution is 0.319. The van der Waals surface area contributed by atoms with Gasteiger partial charge in [-0.05, 0) is 24.7 Å². The molecule has 3 rings (SSSR count). The molecule has 1 aromatic heterocycles. The van der Waals surface area contributed by atoms with Crippen LogP contribution in [0.1, 0.15) is 6.92 Å². The molecule has 0 saturated heterocycles. The maximum atomic E-state index is 12.5. The van der Waals surface area contributed by atoms with E-state index in [1.165, 1.54) is 0 Å². The zero-order valence-electron chi connectivity index (χ0n) is 12.9. The van der Waals surface area contributed by atoms with E-state index in [0.29, 0.717) is 6.61 Å². The van der Waals surface area contributed by atoms with Crippen LogP contribution < -0.4 is 15.6 Å². The first-order valence-electron chi connectivity index (χ1n) is 7.58. The molecular formula is C18H20N2O2. The highest BCUT2D eigenvalue weighted by Crippen LogP contribution is 2.30. The monoisotopic (exact) mass is 296 g/mol. The summed E-state index contributed by atoms with van der Waals surface area (Å²) >= 11 is 0. The third-order valence-corrected chi connectivity index (χ3v) is 3.88. The highest BCUT2D eigenvalue weighted by Gasteiger charge is 2.12. The largest absolute Gasteiger partial charge is 0.492 e. The molecule has 3 aromatic rings. The van der Waals surface area contributed by atoms with Gasteiger partial charge in [0, 0.05) is 29.8 Å². The summed E-state index contributed by atoms with van der Waals surface area (Å²) in [5, 5.41) is 5.91. The predicted octanol–water partition coefficient (Wildman–Crippen LogP) is 2.68. The molecule has 0 unspecified atom stereocenters. The molecule has 0 radical (unpaired) electrons. The van der Waals surface area contributed by atoms with E-state index in [0.717, 1.165) is 40.5 Å². The lowest BCUT2D eigenvalue weighted by Crippen LogP contribution is -2.21. The Balaban J connectivity index is 2.20. The summed E-state index contributed by atoms with van der Waals surface area (Å²) < 4.78 is 7.64. The van der Waals surface area contributed by atoms with E-state index in [1.807, 2.05) is 42.5 Å². The molecule has 0 saturated carbocycles. The van der Waals surface area contributed by atoms with Crippen molar-refractivity contribution in [3.8, 4) is 5.75 Å². The first-order chi connectivity index (χ1) is 10.7. The summed E-state index contributed by atoms with van der Waals surface area (Å²) in [6.45, 7) is 4.40. The summed E-state index contributed by atoms with van der Waals surface area (Å²) in [6.07, 6.45) is 0. The summed E-state index contributed by atoms with van der Waals surface area (Å²) in [5.74, 6) is 0.821. The van der Waals surface area contributed by atoms with Crippen LogP contribution in [-0.2, 0) is 7.05 Å². The molecular weight excluding hydrogens is 276 g/mol. The number of hydrogen-bond donors (Lipinski definition) is 1. The molecule has 0 fully saturated rings. The van der Waals surface area contributed by atoms with Crippen LogP contribution >= 0.6 is 0 Å². The fourth-order valence-electron chi connectivity index (χ4n) is 2.78. The maximum Gasteiger partial charge on any atom is 0.258 e. The molecule has 0 atom stereocenters. The first kappa shape index (κ1) is 14.6. The van der Waals surface area contributed by atoms with Gasteiger partial charge in [-0.2, -0.15) is 0 Å². The number of benzene rings is 2. The number of nitrogens with zero attached hydrogens (tertiary/aromatic N) is 1. The second-order valence-corrected chi connectivity index (χ2v) is 5.26. The number of hydrogen-bond acceptors (Lipinski definition) is 3. The number of pyridine rings is 1. The average Bonchev–Trinajstić information content (AvgIpc) is 2.56. The zero-order valence-corrected chi connectivity index (χ0v) is 12.9. The Hall–Kier alpha value is -2.33. The number of fused-ring (bicyclic) bond motifs is 3. The van der Waals surface area contributed by atoms with Crippen LogP contribution in [0, 0.1) is 0 Å². The van der Waals surface area contributed by atoms with Crippen molar-refractivity contribution < 1.29 is 4.74 Å². The van der Waals surface area contributed by atoms with Crippen molar-refractivity contribution in [1.82, 2.24) is 9.88 Å². The normalized spacial score (nSPS) is 11.2. The third kappa shape index (κ3) is 2.46. The van der Waals surface area contributed by atoms with Gasteiger partial charge in [0.2, 0.25) is 0 Å². The van der Waals surface area contributed by atoms with Gasteiger partial charge in [-0.15, -0.1) is 0 Å². The van der Waals surface area contributed by atoms with Gasteiger partial charge >= 0.3 is 0 Å². The Bertz CT molecular complexity index is 868. The smallest absolute Gasteiger partial charge is 0.258 e. The number of rotatable bonds is 5. The number of nitrogens with one attached hydrogen (secondary N) is 1. The molecule has 114 valence electrons. The van der Waals surface area contributed by atoms with E-state index in [-0.39, 0.29) is 5.56 Å². The van der Waals surface area contributed by atoms with Crippen molar-refractivity contribution >= 4 is 21.7 Å². The van der Waals surface area contributed by atoms with Gasteiger partial charge in [-0.25, -0.2) is 0 Å². The van der Waals surface area contributed by atoms with E-state index >= 15 is 0 Å². The second-order valence-electron chi connectivity index (χ2n) is 5.26. The van der Waals surface area contributed by atoms with Crippen molar-refractivity contribution in [1.29, 1.82) is 0 Å². The zero-order chi connectivity index (χ0) is 15.5. The number of ether oxygens (including phenoxy) is 1. The molecule has 4 nitrogen and oxygen atoms in total. The lowest BCUT2D eigenvalue weighted by Gasteiger charge is -2.14. The summed E-state index contributed by atoms with van der Waals surface area (Å²) in [5.41, 5.74) is 0.914. The minimum Gasteiger partial charge on any atom is -0.492 e. The standard InChI is InChI=1S/C18H20N2O2/c1-3-19-11-12-22-16-10-6-9-15-17(16)13-7-4-5-8-14(13)18(21)20(15)2/h4-10,19H,3,11-12H2,1-2H3. The molecule has 4 heteroatoms. The van der Waals surface area contributed by atoms with Crippen molar-refractivity contribution in [2.24, 2.45) is 7.05 Å². The summed E-state index contributed by atoms with van der Waals surface area (Å²) in [7, 11) is 1.81. The minimum absolute atomic E-state index is 0.0212. The molecule has 0 amide bonds. The Labute approximate surface area is 129 Å². The Kier molecular flexibility index (Phi) is 4.11. The first-order valence-corrected chi connectivity index (χ1v) is 7.58. The van der Waals surface area contributed by atoms with Gasteiger partial charge < -0.3 is 14.6 Å². The number of aryl methyl sites for hydroxylation is 1. The maximum absolute atomic E-state index is 12.5. The molecule has 0 aliphatic rings. The van der Waals surface area contributed by atoms with Crippen LogP contribution in [0.5, 0.6) is 5.75 Å². The average molecular weight is 296 g/mol. The molecule has 0 bridgehead atoms. The molecule has 1 N–H and O–H groups in total. The van der Waals surface area contributed by atoms with Gasteiger partial charge in [-0.3, -0.25) is 4.79 Å². The van der Waals surface area contributed by atoms with Gasteiger partial charge in [0.25, 0.3) is 5.56 Å². The minimum atomic E-state index is 0.0212. The van der Waals surface area contributed by atoms with Crippen molar-refractivity contribution in [3.63, 3.8) is 0 Å². The van der Waals surface area contributed by atoms with Gasteiger partial charge in [-0.1, -0.05) is 31.2 Å². The highest BCUT2D eigenvalue weighted by molar-refractivity contribution is 6.08. The van der Waals surface area contributed by atoms with E-state index in [4.69, 9.17) is 4.74 Å². The number of likely N-dealkylation sites (N-methyl/N-ethyl adjacent to an activating group) is 1.